The molecule has 0 N–H and O–H groups in total. The summed E-state index contributed by atoms with van der Waals surface area (Å²) in [6.45, 7) is 34.8. The molecule has 5 rings (SSSR count). The van der Waals surface area contributed by atoms with Crippen molar-refractivity contribution in [3.63, 3.8) is 0 Å². The fraction of sp³-hybridized carbons (Fsp3) is 0.634. The monoisotopic (exact) mass is 566 g/mol. The first kappa shape index (κ1) is 31.3. The van der Waals surface area contributed by atoms with Gasteiger partial charge in [-0.1, -0.05) is 117 Å². The van der Waals surface area contributed by atoms with Crippen molar-refractivity contribution in [1.82, 2.24) is 0 Å². The summed E-state index contributed by atoms with van der Waals surface area (Å²) in [4.78, 5) is 14.6. The first-order valence-corrected chi connectivity index (χ1v) is 16.9. The molecule has 5 atom stereocenters. The predicted octanol–water partition coefficient (Wildman–Crippen LogP) is 11.6. The normalized spacial score (nSPS) is 33.6. The molecule has 0 amide bonds. The Morgan fingerprint density at radius 3 is 2.26 bits per heavy atom. The van der Waals surface area contributed by atoms with Gasteiger partial charge in [0.25, 0.3) is 0 Å². The van der Waals surface area contributed by atoms with E-state index >= 15 is 0 Å². The van der Waals surface area contributed by atoms with Crippen LogP contribution in [-0.4, -0.2) is 5.78 Å². The maximum Gasteiger partial charge on any atom is 0.173 e. The predicted molar refractivity (Wildman–Crippen MR) is 181 cm³/mol. The van der Waals surface area contributed by atoms with Crippen molar-refractivity contribution in [2.24, 2.45) is 28.1 Å². The lowest BCUT2D eigenvalue weighted by atomic mass is 9.37. The molecule has 4 aliphatic carbocycles. The second-order valence-electron chi connectivity index (χ2n) is 16.3. The number of hydrogen-bond acceptors (Lipinski definition) is 1. The zero-order chi connectivity index (χ0) is 31.2. The van der Waals surface area contributed by atoms with Crippen LogP contribution < -0.4 is 0 Å². The molecule has 0 spiro atoms. The standard InChI is InChI=1S/C41H58O/c1-24(2)34-25(3)23-39(11)30(8)40(12)28(6)32-20-21-33(38(9,10)22-16-19-31-17-14-15-18-31)26(4)35(32)27(5)36(40)29(7)41(39,13)37(34)42/h20-21,28,30-31H,1,5,14-19,22-23H2,2-4,6-13H3/t28-,30+,39+,40-,41+/m1/s1. The molecule has 0 radical (unpaired) electrons. The highest BCUT2D eigenvalue weighted by molar-refractivity contribution is 6.08. The highest BCUT2D eigenvalue weighted by atomic mass is 16.1. The van der Waals surface area contributed by atoms with Crippen LogP contribution in [0.3, 0.4) is 0 Å². The van der Waals surface area contributed by atoms with Crippen LogP contribution in [0.5, 0.6) is 0 Å². The van der Waals surface area contributed by atoms with Crippen LogP contribution in [0.25, 0.3) is 5.57 Å². The molecule has 1 aromatic rings. The van der Waals surface area contributed by atoms with E-state index in [1.165, 1.54) is 83.9 Å². The molecule has 0 heterocycles. The van der Waals surface area contributed by atoms with Gasteiger partial charge in [0.15, 0.2) is 5.78 Å². The number of carbonyl (C=O) groups excluding carboxylic acids is 1. The Hall–Kier alpha value is -2.15. The van der Waals surface area contributed by atoms with Crippen LogP contribution in [0.15, 0.2) is 53.2 Å². The number of fused-ring (bicyclic) bond motifs is 3. The maximum atomic E-state index is 14.6. The molecule has 1 fully saturated rings. The van der Waals surface area contributed by atoms with E-state index in [1.807, 2.05) is 6.92 Å². The minimum absolute atomic E-state index is 0.103. The Labute approximate surface area is 258 Å². The minimum atomic E-state index is -0.583. The fourth-order valence-electron chi connectivity index (χ4n) is 10.9. The van der Waals surface area contributed by atoms with Gasteiger partial charge >= 0.3 is 0 Å². The van der Waals surface area contributed by atoms with Crippen LogP contribution >= 0.6 is 0 Å². The summed E-state index contributed by atoms with van der Waals surface area (Å²) in [6, 6.07) is 4.90. The summed E-state index contributed by atoms with van der Waals surface area (Å²) < 4.78 is 0. The zero-order valence-corrected chi connectivity index (χ0v) is 28.9. The summed E-state index contributed by atoms with van der Waals surface area (Å²) in [5, 5.41) is 0. The summed E-state index contributed by atoms with van der Waals surface area (Å²) in [5.74, 6) is 1.84. The van der Waals surface area contributed by atoms with Gasteiger partial charge in [-0.2, -0.15) is 0 Å². The van der Waals surface area contributed by atoms with Crippen molar-refractivity contribution in [3.8, 4) is 0 Å². The van der Waals surface area contributed by atoms with E-state index < -0.39 is 5.41 Å². The van der Waals surface area contributed by atoms with E-state index in [4.69, 9.17) is 6.58 Å². The zero-order valence-electron chi connectivity index (χ0n) is 28.9. The van der Waals surface area contributed by atoms with Gasteiger partial charge in [0, 0.05) is 11.0 Å². The molecular weight excluding hydrogens is 508 g/mol. The molecule has 4 aliphatic rings. The van der Waals surface area contributed by atoms with Crippen LogP contribution in [0, 0.1) is 35.0 Å². The first-order chi connectivity index (χ1) is 19.5. The van der Waals surface area contributed by atoms with Crippen molar-refractivity contribution in [3.05, 3.63) is 75.4 Å². The molecule has 0 bridgehead atoms. The maximum absolute atomic E-state index is 14.6. The van der Waals surface area contributed by atoms with E-state index in [-0.39, 0.29) is 22.0 Å². The molecule has 0 aromatic heterocycles. The lowest BCUT2D eigenvalue weighted by molar-refractivity contribution is -0.137. The molecule has 0 aliphatic heterocycles. The highest BCUT2D eigenvalue weighted by Crippen LogP contribution is 2.72. The Kier molecular flexibility index (Phi) is 7.60. The lowest BCUT2D eigenvalue weighted by Gasteiger charge is -2.65. The number of allylic oxidation sites excluding steroid dienone is 6. The number of ketones is 1. The van der Waals surface area contributed by atoms with Crippen LogP contribution in [0.4, 0.5) is 0 Å². The van der Waals surface area contributed by atoms with Crippen LogP contribution in [-0.2, 0) is 10.2 Å². The smallest absolute Gasteiger partial charge is 0.173 e. The van der Waals surface area contributed by atoms with E-state index in [2.05, 4.69) is 87.9 Å². The van der Waals surface area contributed by atoms with Gasteiger partial charge in [-0.15, -0.1) is 0 Å². The van der Waals surface area contributed by atoms with Gasteiger partial charge < -0.3 is 0 Å². The van der Waals surface area contributed by atoms with E-state index in [0.717, 1.165) is 29.1 Å². The molecule has 0 saturated heterocycles. The molecule has 42 heavy (non-hydrogen) atoms. The second kappa shape index (κ2) is 10.2. The Balaban J connectivity index is 1.63. The first-order valence-electron chi connectivity index (χ1n) is 16.9. The third kappa shape index (κ3) is 4.04. The molecule has 1 heteroatoms. The second-order valence-corrected chi connectivity index (χ2v) is 16.3. The summed E-state index contributed by atoms with van der Waals surface area (Å²) >= 11 is 0. The van der Waals surface area contributed by atoms with Gasteiger partial charge in [-0.3, -0.25) is 4.79 Å². The van der Waals surface area contributed by atoms with E-state index in [9.17, 15) is 4.79 Å². The van der Waals surface area contributed by atoms with Crippen molar-refractivity contribution in [2.45, 2.75) is 139 Å². The molecule has 1 saturated carbocycles. The SMILES string of the molecule is C=C(C)C1=C(C)C[C@@]2(C)[C@H](C)[C@]3(C)C(=C(C)[C@@]2(C)C1=O)C(=C)c1c(ccc(C(C)(C)CCCC2CCCC2)c1C)[C@H]3C. The van der Waals surface area contributed by atoms with Gasteiger partial charge in [0.1, 0.15) is 0 Å². The summed E-state index contributed by atoms with van der Waals surface area (Å²) in [5.41, 5.74) is 11.6. The largest absolute Gasteiger partial charge is 0.293 e. The summed E-state index contributed by atoms with van der Waals surface area (Å²) in [6.07, 6.45) is 10.6. The highest BCUT2D eigenvalue weighted by Gasteiger charge is 2.66. The fourth-order valence-corrected chi connectivity index (χ4v) is 10.9. The van der Waals surface area contributed by atoms with Gasteiger partial charge in [-0.25, -0.2) is 0 Å². The van der Waals surface area contributed by atoms with E-state index in [1.54, 1.807) is 0 Å². The Morgan fingerprint density at radius 2 is 1.67 bits per heavy atom. The number of benzene rings is 1. The minimum Gasteiger partial charge on any atom is -0.293 e. The Bertz CT molecular complexity index is 1420. The molecule has 1 nitrogen and oxygen atoms in total. The van der Waals surface area contributed by atoms with Crippen molar-refractivity contribution < 1.29 is 4.79 Å². The summed E-state index contributed by atoms with van der Waals surface area (Å²) in [7, 11) is 0. The van der Waals surface area contributed by atoms with Crippen LogP contribution in [0.2, 0.25) is 0 Å². The number of hydrogen-bond donors (Lipinski definition) is 0. The Morgan fingerprint density at radius 1 is 1.05 bits per heavy atom. The molecule has 228 valence electrons. The van der Waals surface area contributed by atoms with Crippen LogP contribution in [0.1, 0.15) is 149 Å². The van der Waals surface area contributed by atoms with Crippen molar-refractivity contribution >= 4 is 11.4 Å². The molecule has 1 aromatic carbocycles. The van der Waals surface area contributed by atoms with E-state index in [0.29, 0.717) is 11.8 Å². The third-order valence-electron chi connectivity index (χ3n) is 13.9. The third-order valence-corrected chi connectivity index (χ3v) is 13.9. The van der Waals surface area contributed by atoms with Crippen molar-refractivity contribution in [2.75, 3.05) is 0 Å². The average Bonchev–Trinajstić information content (AvgIpc) is 3.42. The topological polar surface area (TPSA) is 17.1 Å². The van der Waals surface area contributed by atoms with Gasteiger partial charge in [0.2, 0.25) is 0 Å². The van der Waals surface area contributed by atoms with Crippen molar-refractivity contribution in [1.29, 1.82) is 0 Å². The number of rotatable bonds is 6. The number of Topliss-reactive ketones (excluding diaryl/α,β-unsaturated/α-hetero) is 1. The van der Waals surface area contributed by atoms with Gasteiger partial charge in [0.05, 0.1) is 5.41 Å². The molecule has 0 unspecified atom stereocenters. The molecular formula is C41H58O. The lowest BCUT2D eigenvalue weighted by Crippen LogP contribution is -2.61. The quantitative estimate of drug-likeness (QED) is 0.335. The van der Waals surface area contributed by atoms with Gasteiger partial charge in [-0.05, 0) is 115 Å². The average molecular weight is 567 g/mol. The number of carbonyl (C=O) groups is 1.